The molecule has 0 aliphatic heterocycles. The number of ether oxygens (including phenoxy) is 1. The van der Waals surface area contributed by atoms with Gasteiger partial charge in [-0.1, -0.05) is 29.8 Å². The van der Waals surface area contributed by atoms with E-state index in [0.717, 1.165) is 0 Å². The fourth-order valence-corrected chi connectivity index (χ4v) is 1.99. The molecule has 2 N–H and O–H groups in total. The molecule has 0 unspecified atom stereocenters. The standard InChI is InChI=1S/C16H14ClFN2O2/c1-22-15-7-6-12(10-13(15)17)20-16(21)19-9-8-11-4-2-3-5-14(11)18/h2-10H,1H3,(H2,19,20,21)/b9-8+. The average Bonchev–Trinajstić information content (AvgIpc) is 2.49. The fraction of sp³-hybridized carbons (Fsp3) is 0.0625. The molecular formula is C16H14ClFN2O2. The van der Waals surface area contributed by atoms with Crippen LogP contribution in [-0.4, -0.2) is 13.1 Å². The zero-order chi connectivity index (χ0) is 15.9. The lowest BCUT2D eigenvalue weighted by Crippen LogP contribution is -2.23. The number of anilines is 1. The highest BCUT2D eigenvalue weighted by Crippen LogP contribution is 2.27. The van der Waals surface area contributed by atoms with Crippen molar-refractivity contribution in [2.75, 3.05) is 12.4 Å². The van der Waals surface area contributed by atoms with E-state index in [-0.39, 0.29) is 5.82 Å². The Bertz CT molecular complexity index is 704. The number of carbonyl (C=O) groups excluding carboxylic acids is 1. The van der Waals surface area contributed by atoms with Gasteiger partial charge in [0.1, 0.15) is 11.6 Å². The van der Waals surface area contributed by atoms with Gasteiger partial charge in [-0.15, -0.1) is 0 Å². The first-order chi connectivity index (χ1) is 10.6. The molecule has 0 saturated heterocycles. The monoisotopic (exact) mass is 320 g/mol. The van der Waals surface area contributed by atoms with Crippen LogP contribution >= 0.6 is 11.6 Å². The van der Waals surface area contributed by atoms with Gasteiger partial charge in [0.2, 0.25) is 0 Å². The number of benzene rings is 2. The maximum atomic E-state index is 13.4. The van der Waals surface area contributed by atoms with E-state index in [1.54, 1.807) is 36.4 Å². The van der Waals surface area contributed by atoms with Crippen molar-refractivity contribution >= 4 is 29.4 Å². The molecule has 0 aliphatic carbocycles. The predicted molar refractivity (Wildman–Crippen MR) is 85.6 cm³/mol. The van der Waals surface area contributed by atoms with Crippen LogP contribution in [0.3, 0.4) is 0 Å². The van der Waals surface area contributed by atoms with Gasteiger partial charge in [0.05, 0.1) is 12.1 Å². The molecule has 4 nitrogen and oxygen atoms in total. The molecule has 2 amide bonds. The molecule has 0 spiro atoms. The van der Waals surface area contributed by atoms with Gasteiger partial charge >= 0.3 is 6.03 Å². The lowest BCUT2D eigenvalue weighted by Gasteiger charge is -2.07. The molecule has 0 aliphatic rings. The number of halogens is 2. The molecule has 0 atom stereocenters. The van der Waals surface area contributed by atoms with Crippen LogP contribution in [0.4, 0.5) is 14.9 Å². The van der Waals surface area contributed by atoms with E-state index in [9.17, 15) is 9.18 Å². The summed E-state index contributed by atoms with van der Waals surface area (Å²) in [5.74, 6) is 0.162. The fourth-order valence-electron chi connectivity index (χ4n) is 1.73. The summed E-state index contributed by atoms with van der Waals surface area (Å²) in [4.78, 5) is 11.7. The molecule has 0 saturated carbocycles. The minimum Gasteiger partial charge on any atom is -0.495 e. The van der Waals surface area contributed by atoms with Gasteiger partial charge in [-0.3, -0.25) is 0 Å². The number of rotatable bonds is 4. The number of hydrogen-bond donors (Lipinski definition) is 2. The van der Waals surface area contributed by atoms with Gasteiger partial charge in [-0.25, -0.2) is 9.18 Å². The third kappa shape index (κ3) is 4.23. The summed E-state index contributed by atoms with van der Waals surface area (Å²) in [6, 6.07) is 10.7. The number of carbonyl (C=O) groups is 1. The summed E-state index contributed by atoms with van der Waals surface area (Å²) in [7, 11) is 1.51. The van der Waals surface area contributed by atoms with Crippen molar-refractivity contribution in [1.82, 2.24) is 5.32 Å². The minimum atomic E-state index is -0.464. The van der Waals surface area contributed by atoms with E-state index >= 15 is 0 Å². The highest BCUT2D eigenvalue weighted by molar-refractivity contribution is 6.32. The van der Waals surface area contributed by atoms with Gasteiger partial charge in [0.25, 0.3) is 0 Å². The lowest BCUT2D eigenvalue weighted by molar-refractivity contribution is 0.255. The third-order valence-corrected chi connectivity index (χ3v) is 3.09. The quantitative estimate of drug-likeness (QED) is 0.883. The Morgan fingerprint density at radius 1 is 1.27 bits per heavy atom. The van der Waals surface area contributed by atoms with Crippen LogP contribution < -0.4 is 15.4 Å². The van der Waals surface area contributed by atoms with Crippen LogP contribution in [0.5, 0.6) is 5.75 Å². The number of nitrogens with one attached hydrogen (secondary N) is 2. The molecule has 0 heterocycles. The van der Waals surface area contributed by atoms with E-state index in [0.29, 0.717) is 22.0 Å². The largest absolute Gasteiger partial charge is 0.495 e. The van der Waals surface area contributed by atoms with Crippen molar-refractivity contribution < 1.29 is 13.9 Å². The molecule has 2 aromatic carbocycles. The second-order valence-electron chi connectivity index (χ2n) is 4.30. The van der Waals surface area contributed by atoms with Crippen LogP contribution in [0.2, 0.25) is 5.02 Å². The average molecular weight is 321 g/mol. The second kappa shape index (κ2) is 7.47. The molecule has 6 heteroatoms. The van der Waals surface area contributed by atoms with E-state index in [4.69, 9.17) is 16.3 Å². The van der Waals surface area contributed by atoms with Gasteiger partial charge in [-0.2, -0.15) is 0 Å². The van der Waals surface area contributed by atoms with Crippen LogP contribution in [-0.2, 0) is 0 Å². The van der Waals surface area contributed by atoms with Gasteiger partial charge in [0, 0.05) is 17.5 Å². The van der Waals surface area contributed by atoms with Crippen molar-refractivity contribution in [3.05, 3.63) is 65.1 Å². The van der Waals surface area contributed by atoms with E-state index < -0.39 is 6.03 Å². The normalized spacial score (nSPS) is 10.5. The summed E-state index contributed by atoms with van der Waals surface area (Å²) in [6.45, 7) is 0. The molecular weight excluding hydrogens is 307 g/mol. The van der Waals surface area contributed by atoms with E-state index in [1.807, 2.05) is 0 Å². The molecule has 2 aromatic rings. The first-order valence-electron chi connectivity index (χ1n) is 6.42. The Balaban J connectivity index is 1.93. The van der Waals surface area contributed by atoms with Crippen LogP contribution in [0, 0.1) is 5.82 Å². The molecule has 0 radical (unpaired) electrons. The number of urea groups is 1. The summed E-state index contributed by atoms with van der Waals surface area (Å²) in [6.07, 6.45) is 2.83. The van der Waals surface area contributed by atoms with Crippen LogP contribution in [0.15, 0.2) is 48.7 Å². The number of amides is 2. The Labute approximate surface area is 132 Å². The topological polar surface area (TPSA) is 50.4 Å². The van der Waals surface area contributed by atoms with Crippen LogP contribution in [0.1, 0.15) is 5.56 Å². The zero-order valence-corrected chi connectivity index (χ0v) is 12.5. The first kappa shape index (κ1) is 15.9. The Morgan fingerprint density at radius 3 is 2.73 bits per heavy atom. The maximum absolute atomic E-state index is 13.4. The molecule has 2 rings (SSSR count). The van der Waals surface area contributed by atoms with Crippen molar-refractivity contribution in [1.29, 1.82) is 0 Å². The SMILES string of the molecule is COc1ccc(NC(=O)N/C=C/c2ccccc2F)cc1Cl. The van der Waals surface area contributed by atoms with E-state index in [2.05, 4.69) is 10.6 Å². The number of methoxy groups -OCH3 is 1. The first-order valence-corrected chi connectivity index (χ1v) is 6.80. The highest BCUT2D eigenvalue weighted by atomic mass is 35.5. The molecule has 0 bridgehead atoms. The van der Waals surface area contributed by atoms with Gasteiger partial charge in [0.15, 0.2) is 0 Å². The molecule has 114 valence electrons. The van der Waals surface area contributed by atoms with Crippen molar-refractivity contribution in [2.45, 2.75) is 0 Å². The second-order valence-corrected chi connectivity index (χ2v) is 4.71. The summed E-state index contributed by atoms with van der Waals surface area (Å²) in [5.41, 5.74) is 0.901. The minimum absolute atomic E-state index is 0.358. The third-order valence-electron chi connectivity index (χ3n) is 2.79. The summed E-state index contributed by atoms with van der Waals surface area (Å²) >= 11 is 5.96. The van der Waals surface area contributed by atoms with Crippen molar-refractivity contribution in [3.63, 3.8) is 0 Å². The van der Waals surface area contributed by atoms with Crippen molar-refractivity contribution in [3.8, 4) is 5.75 Å². The Morgan fingerprint density at radius 2 is 2.05 bits per heavy atom. The Kier molecular flexibility index (Phi) is 5.38. The van der Waals surface area contributed by atoms with Crippen molar-refractivity contribution in [2.24, 2.45) is 0 Å². The molecule has 0 aromatic heterocycles. The van der Waals surface area contributed by atoms with Gasteiger partial charge < -0.3 is 15.4 Å². The van der Waals surface area contributed by atoms with Crippen LogP contribution in [0.25, 0.3) is 6.08 Å². The summed E-state index contributed by atoms with van der Waals surface area (Å²) < 4.78 is 18.4. The maximum Gasteiger partial charge on any atom is 0.323 e. The number of hydrogen-bond acceptors (Lipinski definition) is 2. The highest BCUT2D eigenvalue weighted by Gasteiger charge is 2.04. The Hall–Kier alpha value is -2.53. The molecule has 22 heavy (non-hydrogen) atoms. The lowest BCUT2D eigenvalue weighted by atomic mass is 10.2. The predicted octanol–water partition coefficient (Wildman–Crippen LogP) is 4.28. The smallest absolute Gasteiger partial charge is 0.323 e. The summed E-state index contributed by atoms with van der Waals surface area (Å²) in [5, 5.41) is 5.47. The molecule has 0 fully saturated rings. The van der Waals surface area contributed by atoms with Gasteiger partial charge in [-0.05, 0) is 30.3 Å². The zero-order valence-electron chi connectivity index (χ0n) is 11.8. The van der Waals surface area contributed by atoms with E-state index in [1.165, 1.54) is 25.5 Å².